The summed E-state index contributed by atoms with van der Waals surface area (Å²) in [4.78, 5) is 8.54. The molecule has 0 amide bonds. The van der Waals surface area contributed by atoms with Gasteiger partial charge in [-0.1, -0.05) is 49.4 Å². The summed E-state index contributed by atoms with van der Waals surface area (Å²) in [6.45, 7) is 7.28. The number of aryl methyl sites for hydroxylation is 2. The molecule has 1 aliphatic rings. The quantitative estimate of drug-likeness (QED) is 0.746. The predicted octanol–water partition coefficient (Wildman–Crippen LogP) is 3.04. The lowest BCUT2D eigenvalue weighted by Gasteiger charge is -2.34. The summed E-state index contributed by atoms with van der Waals surface area (Å²) in [6, 6.07) is 8.68. The maximum Gasteiger partial charge on any atom is 0.230 e. The molecule has 1 N–H and O–H groups in total. The molecule has 0 aliphatic carbocycles. The van der Waals surface area contributed by atoms with Crippen LogP contribution in [-0.2, 0) is 17.6 Å². The Morgan fingerprint density at radius 1 is 1.15 bits per heavy atom. The van der Waals surface area contributed by atoms with Crippen molar-refractivity contribution in [2.75, 3.05) is 26.3 Å². The first-order valence-corrected chi connectivity index (χ1v) is 10.0. The van der Waals surface area contributed by atoms with Gasteiger partial charge in [-0.2, -0.15) is 4.52 Å². The third kappa shape index (κ3) is 3.11. The predicted molar refractivity (Wildman–Crippen MR) is 102 cm³/mol. The molecule has 1 aromatic carbocycles. The van der Waals surface area contributed by atoms with Crippen LogP contribution in [0.2, 0.25) is 0 Å². The van der Waals surface area contributed by atoms with Crippen LogP contribution >= 0.6 is 11.3 Å². The highest BCUT2D eigenvalue weighted by molar-refractivity contribution is 7.17. The lowest BCUT2D eigenvalue weighted by molar-refractivity contribution is 0.0241. The van der Waals surface area contributed by atoms with Crippen molar-refractivity contribution in [3.8, 4) is 5.88 Å². The fourth-order valence-electron chi connectivity index (χ4n) is 3.42. The van der Waals surface area contributed by atoms with Gasteiger partial charge in [0.05, 0.1) is 24.1 Å². The van der Waals surface area contributed by atoms with E-state index in [4.69, 9.17) is 4.74 Å². The van der Waals surface area contributed by atoms with Gasteiger partial charge < -0.3 is 9.84 Å². The van der Waals surface area contributed by atoms with E-state index in [-0.39, 0.29) is 11.9 Å². The Balaban J connectivity index is 1.78. The standard InChI is InChI=1S/C19H24N4O2S/c1-3-13-5-7-14(8-6-13)16(22-9-11-25-12-10-22)17-18(24)23-19(26-17)20-15(4-2)21-23/h5-8,16,24H,3-4,9-12H2,1-2H3/t16-/m0/s1. The molecule has 3 aromatic rings. The Bertz CT molecular complexity index is 881. The van der Waals surface area contributed by atoms with Gasteiger partial charge in [0.1, 0.15) is 0 Å². The number of hydrogen-bond donors (Lipinski definition) is 1. The Kier molecular flexibility index (Phi) is 4.93. The number of ether oxygens (including phenoxy) is 1. The highest BCUT2D eigenvalue weighted by Gasteiger charge is 2.30. The van der Waals surface area contributed by atoms with Crippen molar-refractivity contribution in [1.29, 1.82) is 0 Å². The number of rotatable bonds is 5. The molecule has 1 saturated heterocycles. The Labute approximate surface area is 157 Å². The number of fused-ring (bicyclic) bond motifs is 1. The number of nitrogens with zero attached hydrogens (tertiary/aromatic N) is 4. The molecule has 0 spiro atoms. The van der Waals surface area contributed by atoms with E-state index in [1.165, 1.54) is 22.5 Å². The molecule has 0 bridgehead atoms. The van der Waals surface area contributed by atoms with Gasteiger partial charge in [0.25, 0.3) is 0 Å². The fraction of sp³-hybridized carbons (Fsp3) is 0.474. The summed E-state index contributed by atoms with van der Waals surface area (Å²) in [7, 11) is 0. The van der Waals surface area contributed by atoms with Crippen LogP contribution in [0, 0.1) is 0 Å². The molecule has 1 atom stereocenters. The first-order valence-electron chi connectivity index (χ1n) is 9.19. The summed E-state index contributed by atoms with van der Waals surface area (Å²) < 4.78 is 7.11. The number of thiazole rings is 1. The third-order valence-electron chi connectivity index (χ3n) is 4.92. The molecule has 0 radical (unpaired) electrons. The zero-order valence-corrected chi connectivity index (χ0v) is 16.0. The highest BCUT2D eigenvalue weighted by atomic mass is 32.1. The Morgan fingerprint density at radius 3 is 2.50 bits per heavy atom. The number of hydrogen-bond acceptors (Lipinski definition) is 6. The van der Waals surface area contributed by atoms with E-state index in [9.17, 15) is 5.11 Å². The average molecular weight is 372 g/mol. The van der Waals surface area contributed by atoms with Gasteiger partial charge in [0.15, 0.2) is 5.82 Å². The van der Waals surface area contributed by atoms with Gasteiger partial charge in [0, 0.05) is 19.5 Å². The van der Waals surface area contributed by atoms with Crippen molar-refractivity contribution in [3.05, 3.63) is 46.1 Å². The Hall–Kier alpha value is -1.96. The van der Waals surface area contributed by atoms with Crippen molar-refractivity contribution in [2.24, 2.45) is 0 Å². The third-order valence-corrected chi connectivity index (χ3v) is 6.00. The van der Waals surface area contributed by atoms with E-state index in [2.05, 4.69) is 46.2 Å². The second-order valence-electron chi connectivity index (χ2n) is 6.51. The zero-order chi connectivity index (χ0) is 18.1. The second-order valence-corrected chi connectivity index (χ2v) is 7.52. The van der Waals surface area contributed by atoms with Crippen LogP contribution in [0.25, 0.3) is 4.96 Å². The van der Waals surface area contributed by atoms with Crippen molar-refractivity contribution < 1.29 is 9.84 Å². The summed E-state index contributed by atoms with van der Waals surface area (Å²) in [6.07, 6.45) is 1.78. The maximum absolute atomic E-state index is 10.9. The van der Waals surface area contributed by atoms with Gasteiger partial charge in [0.2, 0.25) is 10.8 Å². The fourth-order valence-corrected chi connectivity index (χ4v) is 4.55. The first-order chi connectivity index (χ1) is 12.7. The van der Waals surface area contributed by atoms with Crippen LogP contribution in [0.1, 0.15) is 41.7 Å². The van der Waals surface area contributed by atoms with E-state index in [0.29, 0.717) is 13.2 Å². The number of morpholine rings is 1. The number of aromatic nitrogens is 3. The Morgan fingerprint density at radius 2 is 1.88 bits per heavy atom. The van der Waals surface area contributed by atoms with Crippen LogP contribution in [0.3, 0.4) is 0 Å². The lowest BCUT2D eigenvalue weighted by Crippen LogP contribution is -2.39. The monoisotopic (exact) mass is 372 g/mol. The SMILES string of the molecule is CCc1ccc([C@@H](c2sc3nc(CC)nn3c2O)N2CCOCC2)cc1. The minimum Gasteiger partial charge on any atom is -0.492 e. The van der Waals surface area contributed by atoms with Crippen LogP contribution in [0.15, 0.2) is 24.3 Å². The smallest absolute Gasteiger partial charge is 0.230 e. The van der Waals surface area contributed by atoms with Crippen molar-refractivity contribution >= 4 is 16.3 Å². The molecule has 0 saturated carbocycles. The van der Waals surface area contributed by atoms with Gasteiger partial charge >= 0.3 is 0 Å². The van der Waals surface area contributed by atoms with Gasteiger partial charge in [-0.15, -0.1) is 5.10 Å². The molecular weight excluding hydrogens is 348 g/mol. The average Bonchev–Trinajstić information content (AvgIpc) is 3.23. The van der Waals surface area contributed by atoms with E-state index >= 15 is 0 Å². The molecular formula is C19H24N4O2S. The van der Waals surface area contributed by atoms with Crippen LogP contribution in [0.5, 0.6) is 5.88 Å². The molecule has 7 heteroatoms. The molecule has 2 aromatic heterocycles. The normalized spacial score (nSPS) is 17.0. The molecule has 26 heavy (non-hydrogen) atoms. The summed E-state index contributed by atoms with van der Waals surface area (Å²) >= 11 is 1.52. The molecule has 0 unspecified atom stereocenters. The summed E-state index contributed by atoms with van der Waals surface area (Å²) in [5.41, 5.74) is 2.49. The summed E-state index contributed by atoms with van der Waals surface area (Å²) in [5.74, 6) is 0.960. The zero-order valence-electron chi connectivity index (χ0n) is 15.2. The molecule has 1 fully saturated rings. The van der Waals surface area contributed by atoms with Gasteiger partial charge in [-0.3, -0.25) is 4.90 Å². The van der Waals surface area contributed by atoms with Crippen molar-refractivity contribution in [2.45, 2.75) is 32.7 Å². The van der Waals surface area contributed by atoms with Crippen molar-refractivity contribution in [1.82, 2.24) is 19.5 Å². The topological polar surface area (TPSA) is 62.9 Å². The highest BCUT2D eigenvalue weighted by Crippen LogP contribution is 2.40. The maximum atomic E-state index is 10.9. The molecule has 138 valence electrons. The van der Waals surface area contributed by atoms with Crippen LogP contribution in [0.4, 0.5) is 0 Å². The largest absolute Gasteiger partial charge is 0.492 e. The number of aromatic hydroxyl groups is 1. The summed E-state index contributed by atoms with van der Waals surface area (Å²) in [5, 5.41) is 15.3. The lowest BCUT2D eigenvalue weighted by atomic mass is 10.0. The van der Waals surface area contributed by atoms with E-state index in [1.54, 1.807) is 4.52 Å². The molecule has 4 rings (SSSR count). The van der Waals surface area contributed by atoms with E-state index in [1.807, 2.05) is 6.92 Å². The first kappa shape index (κ1) is 17.5. The second kappa shape index (κ2) is 7.34. The van der Waals surface area contributed by atoms with Crippen molar-refractivity contribution in [3.63, 3.8) is 0 Å². The minimum absolute atomic E-state index is 0.0108. The molecule has 1 aliphatic heterocycles. The van der Waals surface area contributed by atoms with Gasteiger partial charge in [-0.05, 0) is 17.5 Å². The van der Waals surface area contributed by atoms with E-state index in [0.717, 1.165) is 41.6 Å². The van der Waals surface area contributed by atoms with E-state index < -0.39 is 0 Å². The van der Waals surface area contributed by atoms with Crippen LogP contribution < -0.4 is 0 Å². The van der Waals surface area contributed by atoms with Crippen LogP contribution in [-0.4, -0.2) is 50.9 Å². The molecule has 3 heterocycles. The van der Waals surface area contributed by atoms with Gasteiger partial charge in [-0.25, -0.2) is 4.98 Å². The minimum atomic E-state index is -0.0108. The number of benzene rings is 1. The molecule has 6 nitrogen and oxygen atoms in total.